The van der Waals surface area contributed by atoms with Gasteiger partial charge in [0.1, 0.15) is 5.82 Å². The minimum absolute atomic E-state index is 0.0606. The molecule has 0 unspecified atom stereocenters. The summed E-state index contributed by atoms with van der Waals surface area (Å²) in [5.74, 6) is -0.950. The second-order valence-corrected chi connectivity index (χ2v) is 6.40. The highest BCUT2D eigenvalue weighted by Gasteiger charge is 2.32. The third kappa shape index (κ3) is 3.80. The highest BCUT2D eigenvalue weighted by molar-refractivity contribution is 6.31. The lowest BCUT2D eigenvalue weighted by Gasteiger charge is -2.36. The summed E-state index contributed by atoms with van der Waals surface area (Å²) in [6.07, 6.45) is 0.747. The number of anilines is 1. The van der Waals surface area contributed by atoms with Crippen LogP contribution in [0.4, 0.5) is 14.9 Å². The van der Waals surface area contributed by atoms with E-state index in [0.29, 0.717) is 18.7 Å². The Morgan fingerprint density at radius 2 is 2.08 bits per heavy atom. The van der Waals surface area contributed by atoms with Crippen molar-refractivity contribution < 1.29 is 18.7 Å². The van der Waals surface area contributed by atoms with Gasteiger partial charge in [-0.3, -0.25) is 4.79 Å². The van der Waals surface area contributed by atoms with Crippen molar-refractivity contribution in [1.29, 1.82) is 0 Å². The molecule has 1 atom stereocenters. The normalized spacial score (nSPS) is 16.0. The first-order chi connectivity index (χ1) is 12.5. The van der Waals surface area contributed by atoms with E-state index < -0.39 is 17.8 Å². The second-order valence-electron chi connectivity index (χ2n) is 6.00. The van der Waals surface area contributed by atoms with Gasteiger partial charge in [-0.2, -0.15) is 0 Å². The Balaban J connectivity index is 1.85. The topological polar surface area (TPSA) is 58.6 Å². The van der Waals surface area contributed by atoms with Crippen LogP contribution in [0.1, 0.15) is 23.6 Å². The maximum atomic E-state index is 13.3. The first-order valence-corrected chi connectivity index (χ1v) is 8.54. The van der Waals surface area contributed by atoms with E-state index in [9.17, 15) is 14.0 Å². The van der Waals surface area contributed by atoms with E-state index in [0.717, 1.165) is 11.1 Å². The Morgan fingerprint density at radius 3 is 2.81 bits per heavy atom. The van der Waals surface area contributed by atoms with Gasteiger partial charge in [-0.05, 0) is 35.7 Å². The third-order valence-corrected chi connectivity index (χ3v) is 4.72. The predicted octanol–water partition coefficient (Wildman–Crippen LogP) is 4.17. The molecule has 0 aromatic heterocycles. The molecule has 7 heteroatoms. The zero-order chi connectivity index (χ0) is 18.7. The van der Waals surface area contributed by atoms with Gasteiger partial charge in [-0.15, -0.1) is 0 Å². The van der Waals surface area contributed by atoms with E-state index in [-0.39, 0.29) is 17.5 Å². The second kappa shape index (κ2) is 7.74. The number of rotatable bonds is 3. The molecule has 0 spiro atoms. The summed E-state index contributed by atoms with van der Waals surface area (Å²) < 4.78 is 18.1. The van der Waals surface area contributed by atoms with Gasteiger partial charge in [0, 0.05) is 12.2 Å². The first kappa shape index (κ1) is 18.2. The largest absolute Gasteiger partial charge is 0.469 e. The van der Waals surface area contributed by atoms with E-state index in [2.05, 4.69) is 5.32 Å². The third-order valence-electron chi connectivity index (χ3n) is 4.43. The van der Waals surface area contributed by atoms with Gasteiger partial charge >= 0.3 is 12.0 Å². The summed E-state index contributed by atoms with van der Waals surface area (Å²) in [5.41, 5.74) is 2.42. The number of hydrogen-bond acceptors (Lipinski definition) is 3. The van der Waals surface area contributed by atoms with Crippen molar-refractivity contribution in [1.82, 2.24) is 4.90 Å². The lowest BCUT2D eigenvalue weighted by atomic mass is 9.91. The molecule has 0 aliphatic carbocycles. The molecular weight excluding hydrogens is 359 g/mol. The predicted molar refractivity (Wildman–Crippen MR) is 96.7 cm³/mol. The number of benzene rings is 2. The molecule has 1 aliphatic rings. The van der Waals surface area contributed by atoms with E-state index in [1.165, 1.54) is 25.3 Å². The molecule has 1 aliphatic heterocycles. The molecule has 5 nitrogen and oxygen atoms in total. The number of nitrogens with one attached hydrogen (secondary N) is 1. The minimum atomic E-state index is -0.555. The van der Waals surface area contributed by atoms with Crippen LogP contribution in [0.2, 0.25) is 5.02 Å². The van der Waals surface area contributed by atoms with Crippen LogP contribution in [0.5, 0.6) is 0 Å². The van der Waals surface area contributed by atoms with Gasteiger partial charge in [0.25, 0.3) is 0 Å². The van der Waals surface area contributed by atoms with Gasteiger partial charge in [0.15, 0.2) is 0 Å². The number of esters is 1. The van der Waals surface area contributed by atoms with E-state index in [4.69, 9.17) is 16.3 Å². The van der Waals surface area contributed by atoms with Crippen molar-refractivity contribution in [3.05, 3.63) is 64.4 Å². The number of hydrogen-bond donors (Lipinski definition) is 1. The minimum Gasteiger partial charge on any atom is -0.469 e. The fourth-order valence-electron chi connectivity index (χ4n) is 3.13. The molecule has 0 fully saturated rings. The van der Waals surface area contributed by atoms with Crippen LogP contribution in [0.25, 0.3) is 0 Å². The number of fused-ring (bicyclic) bond motifs is 1. The number of halogens is 2. The number of methoxy groups -OCH3 is 1. The molecule has 136 valence electrons. The average Bonchev–Trinajstić information content (AvgIpc) is 2.64. The summed E-state index contributed by atoms with van der Waals surface area (Å²) in [4.78, 5) is 26.2. The Bertz CT molecular complexity index is 843. The smallest absolute Gasteiger partial charge is 0.322 e. The first-order valence-electron chi connectivity index (χ1n) is 8.17. The Morgan fingerprint density at radius 1 is 1.31 bits per heavy atom. The summed E-state index contributed by atoms with van der Waals surface area (Å²) in [6, 6.07) is 10.9. The van der Waals surface area contributed by atoms with Crippen LogP contribution in [-0.4, -0.2) is 30.6 Å². The lowest BCUT2D eigenvalue weighted by Crippen LogP contribution is -2.43. The van der Waals surface area contributed by atoms with Crippen molar-refractivity contribution in [3.8, 4) is 0 Å². The zero-order valence-corrected chi connectivity index (χ0v) is 14.9. The van der Waals surface area contributed by atoms with Gasteiger partial charge in [-0.25, -0.2) is 9.18 Å². The molecule has 2 aromatic rings. The Kier molecular flexibility index (Phi) is 5.42. The standard InChI is InChI=1S/C19H18ClFN2O3/c1-26-18(24)11-17-14-5-3-2-4-12(14)8-9-23(17)19(25)22-13-6-7-16(21)15(20)10-13/h2-7,10,17H,8-9,11H2,1H3,(H,22,25)/t17-/m0/s1. The van der Waals surface area contributed by atoms with Crippen LogP contribution in [-0.2, 0) is 16.0 Å². The average molecular weight is 377 g/mol. The quantitative estimate of drug-likeness (QED) is 0.818. The van der Waals surface area contributed by atoms with Crippen LogP contribution < -0.4 is 5.32 Å². The Labute approximate surface area is 155 Å². The number of carbonyl (C=O) groups is 2. The number of urea groups is 1. The Hall–Kier alpha value is -2.60. The molecule has 2 aromatic carbocycles. The van der Waals surface area contributed by atoms with Crippen LogP contribution >= 0.6 is 11.6 Å². The molecule has 1 heterocycles. The van der Waals surface area contributed by atoms with E-state index >= 15 is 0 Å². The van der Waals surface area contributed by atoms with Gasteiger partial charge in [-0.1, -0.05) is 35.9 Å². The fraction of sp³-hybridized carbons (Fsp3) is 0.263. The van der Waals surface area contributed by atoms with Crippen LogP contribution in [0.3, 0.4) is 0 Å². The highest BCUT2D eigenvalue weighted by Crippen LogP contribution is 2.33. The molecule has 0 saturated heterocycles. The molecule has 3 rings (SSSR count). The number of carbonyl (C=O) groups excluding carboxylic acids is 2. The maximum absolute atomic E-state index is 13.3. The molecule has 1 N–H and O–H groups in total. The number of nitrogens with zero attached hydrogens (tertiary/aromatic N) is 1. The molecule has 2 amide bonds. The van der Waals surface area contributed by atoms with Crippen molar-refractivity contribution in [2.45, 2.75) is 18.9 Å². The SMILES string of the molecule is COC(=O)C[C@H]1c2ccccc2CCN1C(=O)Nc1ccc(F)c(Cl)c1. The molecule has 26 heavy (non-hydrogen) atoms. The highest BCUT2D eigenvalue weighted by atomic mass is 35.5. The van der Waals surface area contributed by atoms with Crippen molar-refractivity contribution in [2.24, 2.45) is 0 Å². The monoisotopic (exact) mass is 376 g/mol. The van der Waals surface area contributed by atoms with Gasteiger partial charge in [0.05, 0.1) is 24.6 Å². The summed E-state index contributed by atoms with van der Waals surface area (Å²) in [7, 11) is 1.32. The van der Waals surface area contributed by atoms with Gasteiger partial charge < -0.3 is 15.0 Å². The molecule has 0 radical (unpaired) electrons. The van der Waals surface area contributed by atoms with Crippen LogP contribution in [0, 0.1) is 5.82 Å². The maximum Gasteiger partial charge on any atom is 0.322 e. The van der Waals surface area contributed by atoms with Crippen molar-refractivity contribution >= 4 is 29.3 Å². The van der Waals surface area contributed by atoms with E-state index in [1.54, 1.807) is 4.90 Å². The van der Waals surface area contributed by atoms with Gasteiger partial charge in [0.2, 0.25) is 0 Å². The summed E-state index contributed by atoms with van der Waals surface area (Å²) in [6.45, 7) is 0.458. The van der Waals surface area contributed by atoms with Crippen LogP contribution in [0.15, 0.2) is 42.5 Å². The summed E-state index contributed by atoms with van der Waals surface area (Å²) in [5, 5.41) is 2.64. The van der Waals surface area contributed by atoms with Crippen molar-refractivity contribution in [2.75, 3.05) is 19.0 Å². The molecular formula is C19H18ClFN2O3. The molecule has 0 bridgehead atoms. The number of ether oxygens (including phenoxy) is 1. The zero-order valence-electron chi connectivity index (χ0n) is 14.2. The van der Waals surface area contributed by atoms with E-state index in [1.807, 2.05) is 24.3 Å². The lowest BCUT2D eigenvalue weighted by molar-refractivity contribution is -0.141. The molecule has 0 saturated carbocycles. The fourth-order valence-corrected chi connectivity index (χ4v) is 3.31. The summed E-state index contributed by atoms with van der Waals surface area (Å²) >= 11 is 5.77. The van der Waals surface area contributed by atoms with Crippen molar-refractivity contribution in [3.63, 3.8) is 0 Å². The number of amides is 2.